The molecule has 9 heteroatoms. The number of aliphatic hydroxyl groups excluding tert-OH is 3. The molecule has 1 aliphatic heterocycles. The van der Waals surface area contributed by atoms with Crippen molar-refractivity contribution < 1.29 is 24.9 Å². The SMILES string of the molecule is CC(=O)N[C@@H]1[C@@H](O)[C@@H](O)[C@@H](CO)O[C@H]1N=[N+]=[N-]. The van der Waals surface area contributed by atoms with Crippen LogP contribution in [0.4, 0.5) is 0 Å². The molecule has 1 amide bonds. The highest BCUT2D eigenvalue weighted by molar-refractivity contribution is 5.73. The maximum atomic E-state index is 10.9. The van der Waals surface area contributed by atoms with Crippen molar-refractivity contribution in [3.8, 4) is 0 Å². The molecule has 9 nitrogen and oxygen atoms in total. The van der Waals surface area contributed by atoms with Crippen molar-refractivity contribution in [3.63, 3.8) is 0 Å². The molecule has 1 saturated heterocycles. The zero-order valence-corrected chi connectivity index (χ0v) is 9.09. The van der Waals surface area contributed by atoms with Crippen molar-refractivity contribution in [1.29, 1.82) is 0 Å². The van der Waals surface area contributed by atoms with Crippen molar-refractivity contribution in [2.24, 2.45) is 5.11 Å². The Morgan fingerprint density at radius 1 is 1.53 bits per heavy atom. The number of azide groups is 1. The van der Waals surface area contributed by atoms with Crippen LogP contribution in [0, 0.1) is 0 Å². The van der Waals surface area contributed by atoms with E-state index in [0.29, 0.717) is 0 Å². The first-order valence-electron chi connectivity index (χ1n) is 4.95. The third-order valence-electron chi connectivity index (χ3n) is 2.44. The molecule has 0 aromatic carbocycles. The van der Waals surface area contributed by atoms with E-state index in [2.05, 4.69) is 15.3 Å². The lowest BCUT2D eigenvalue weighted by atomic mass is 9.96. The number of carbonyl (C=O) groups excluding carboxylic acids is 1. The van der Waals surface area contributed by atoms with Crippen LogP contribution < -0.4 is 5.32 Å². The standard InChI is InChI=1S/C8H14N4O5/c1-3(14)10-5-7(16)6(15)4(2-13)17-8(5)11-12-9/h4-8,13,15-16H,2H2,1H3,(H,10,14)/t4-,5-,6+,7-,8-/m1/s1. The van der Waals surface area contributed by atoms with E-state index in [4.69, 9.17) is 15.4 Å². The van der Waals surface area contributed by atoms with Gasteiger partial charge in [0.1, 0.15) is 18.3 Å². The molecule has 0 spiro atoms. The number of amides is 1. The highest BCUT2D eigenvalue weighted by Crippen LogP contribution is 2.22. The first kappa shape index (κ1) is 13.7. The van der Waals surface area contributed by atoms with E-state index in [-0.39, 0.29) is 0 Å². The third-order valence-corrected chi connectivity index (χ3v) is 2.44. The zero-order valence-electron chi connectivity index (χ0n) is 9.09. The average molecular weight is 246 g/mol. The first-order chi connectivity index (χ1) is 8.01. The lowest BCUT2D eigenvalue weighted by molar-refractivity contribution is -0.193. The van der Waals surface area contributed by atoms with Gasteiger partial charge in [-0.1, -0.05) is 5.11 Å². The maximum Gasteiger partial charge on any atom is 0.217 e. The normalized spacial score (nSPS) is 37.1. The van der Waals surface area contributed by atoms with Crippen LogP contribution in [-0.4, -0.2) is 58.4 Å². The Kier molecular flexibility index (Phi) is 4.67. The van der Waals surface area contributed by atoms with Crippen molar-refractivity contribution in [3.05, 3.63) is 10.4 Å². The Hall–Kier alpha value is -1.38. The molecular formula is C8H14N4O5. The van der Waals surface area contributed by atoms with Crippen molar-refractivity contribution in [2.45, 2.75) is 37.5 Å². The van der Waals surface area contributed by atoms with E-state index in [1.54, 1.807) is 0 Å². The Balaban J connectivity index is 2.90. The number of aliphatic hydroxyl groups is 3. The molecule has 0 aromatic heterocycles. The molecule has 1 aliphatic rings. The zero-order chi connectivity index (χ0) is 13.0. The molecule has 0 bridgehead atoms. The fourth-order valence-corrected chi connectivity index (χ4v) is 1.64. The lowest BCUT2D eigenvalue weighted by Gasteiger charge is -2.40. The molecule has 17 heavy (non-hydrogen) atoms. The molecule has 96 valence electrons. The van der Waals surface area contributed by atoms with Gasteiger partial charge in [-0.2, -0.15) is 0 Å². The van der Waals surface area contributed by atoms with Gasteiger partial charge in [-0.05, 0) is 5.53 Å². The average Bonchev–Trinajstić information content (AvgIpc) is 2.28. The fourth-order valence-electron chi connectivity index (χ4n) is 1.64. The van der Waals surface area contributed by atoms with E-state index in [0.717, 1.165) is 0 Å². The number of hydrogen-bond donors (Lipinski definition) is 4. The molecule has 0 unspecified atom stereocenters. The molecule has 0 aliphatic carbocycles. The van der Waals surface area contributed by atoms with Crippen LogP contribution in [0.3, 0.4) is 0 Å². The number of nitrogens with zero attached hydrogens (tertiary/aromatic N) is 3. The largest absolute Gasteiger partial charge is 0.394 e. The molecular weight excluding hydrogens is 232 g/mol. The summed E-state index contributed by atoms with van der Waals surface area (Å²) in [5.41, 5.74) is 8.34. The summed E-state index contributed by atoms with van der Waals surface area (Å²) in [6.07, 6.45) is -5.01. The van der Waals surface area contributed by atoms with E-state index >= 15 is 0 Å². The molecule has 0 aromatic rings. The van der Waals surface area contributed by atoms with Crippen LogP contribution in [0.5, 0.6) is 0 Å². The molecule has 5 atom stereocenters. The number of rotatable bonds is 3. The smallest absolute Gasteiger partial charge is 0.217 e. The fraction of sp³-hybridized carbons (Fsp3) is 0.875. The van der Waals surface area contributed by atoms with E-state index < -0.39 is 43.1 Å². The number of ether oxygens (including phenoxy) is 1. The summed E-state index contributed by atoms with van der Waals surface area (Å²) in [5, 5.41) is 33.8. The van der Waals surface area contributed by atoms with Gasteiger partial charge in [0.25, 0.3) is 0 Å². The minimum absolute atomic E-state index is 0.467. The highest BCUT2D eigenvalue weighted by Gasteiger charge is 2.44. The van der Waals surface area contributed by atoms with Crippen LogP contribution in [-0.2, 0) is 9.53 Å². The van der Waals surface area contributed by atoms with Crippen molar-refractivity contribution in [1.82, 2.24) is 5.32 Å². The van der Waals surface area contributed by atoms with E-state index in [1.165, 1.54) is 6.92 Å². The van der Waals surface area contributed by atoms with Gasteiger partial charge in [0.2, 0.25) is 5.91 Å². The van der Waals surface area contributed by atoms with Gasteiger partial charge < -0.3 is 25.4 Å². The van der Waals surface area contributed by atoms with Crippen LogP contribution in [0.2, 0.25) is 0 Å². The monoisotopic (exact) mass is 246 g/mol. The Morgan fingerprint density at radius 3 is 2.65 bits per heavy atom. The number of hydrogen-bond acceptors (Lipinski definition) is 6. The van der Waals surface area contributed by atoms with Gasteiger partial charge in [0.15, 0.2) is 6.23 Å². The Morgan fingerprint density at radius 2 is 2.18 bits per heavy atom. The van der Waals surface area contributed by atoms with Gasteiger partial charge in [-0.25, -0.2) is 0 Å². The summed E-state index contributed by atoms with van der Waals surface area (Å²) in [6.45, 7) is 0.673. The number of nitrogens with one attached hydrogen (secondary N) is 1. The molecule has 0 saturated carbocycles. The Bertz CT molecular complexity index is 332. The summed E-state index contributed by atoms with van der Waals surface area (Å²) in [5.74, 6) is -0.467. The van der Waals surface area contributed by atoms with Crippen LogP contribution >= 0.6 is 0 Å². The van der Waals surface area contributed by atoms with E-state index in [9.17, 15) is 15.0 Å². The maximum absolute atomic E-state index is 10.9. The van der Waals surface area contributed by atoms with Crippen LogP contribution in [0.25, 0.3) is 10.4 Å². The minimum Gasteiger partial charge on any atom is -0.394 e. The van der Waals surface area contributed by atoms with Gasteiger partial charge in [0, 0.05) is 11.8 Å². The van der Waals surface area contributed by atoms with Gasteiger partial charge >= 0.3 is 0 Å². The Labute approximate surface area is 96.6 Å². The van der Waals surface area contributed by atoms with Crippen LogP contribution in [0.1, 0.15) is 6.92 Å². The van der Waals surface area contributed by atoms with Gasteiger partial charge in [-0.3, -0.25) is 4.79 Å². The summed E-state index contributed by atoms with van der Waals surface area (Å²) in [4.78, 5) is 13.4. The lowest BCUT2D eigenvalue weighted by Crippen LogP contribution is -2.63. The predicted octanol–water partition coefficient (Wildman–Crippen LogP) is -1.76. The summed E-state index contributed by atoms with van der Waals surface area (Å²) < 4.78 is 5.08. The summed E-state index contributed by atoms with van der Waals surface area (Å²) >= 11 is 0. The van der Waals surface area contributed by atoms with E-state index in [1.807, 2.05) is 0 Å². The summed E-state index contributed by atoms with van der Waals surface area (Å²) in [6, 6.07) is -1.05. The van der Waals surface area contributed by atoms with Gasteiger partial charge in [-0.15, -0.1) is 0 Å². The minimum atomic E-state index is -1.39. The van der Waals surface area contributed by atoms with Crippen molar-refractivity contribution in [2.75, 3.05) is 6.61 Å². The second-order valence-electron chi connectivity index (χ2n) is 3.66. The van der Waals surface area contributed by atoms with Crippen LogP contribution in [0.15, 0.2) is 5.11 Å². The quantitative estimate of drug-likeness (QED) is 0.264. The highest BCUT2D eigenvalue weighted by atomic mass is 16.5. The second-order valence-corrected chi connectivity index (χ2v) is 3.66. The third kappa shape index (κ3) is 3.05. The first-order valence-corrected chi connectivity index (χ1v) is 4.95. The topological polar surface area (TPSA) is 148 Å². The van der Waals surface area contributed by atoms with Crippen molar-refractivity contribution >= 4 is 5.91 Å². The predicted molar refractivity (Wildman–Crippen MR) is 54.5 cm³/mol. The molecule has 1 heterocycles. The molecule has 0 radical (unpaired) electrons. The molecule has 1 fully saturated rings. The van der Waals surface area contributed by atoms with Gasteiger partial charge in [0.05, 0.1) is 12.6 Å². The number of carbonyl (C=O) groups is 1. The molecule has 1 rings (SSSR count). The summed E-state index contributed by atoms with van der Waals surface area (Å²) in [7, 11) is 0. The second kappa shape index (κ2) is 5.80. The molecule has 4 N–H and O–H groups in total.